The minimum absolute atomic E-state index is 0.00931. The Bertz CT molecular complexity index is 509. The summed E-state index contributed by atoms with van der Waals surface area (Å²) in [5.41, 5.74) is 2.32. The Morgan fingerprint density at radius 2 is 2.12 bits per heavy atom. The van der Waals surface area contributed by atoms with Crippen molar-refractivity contribution in [2.24, 2.45) is 0 Å². The molecule has 88 valence electrons. The lowest BCUT2D eigenvalue weighted by molar-refractivity contribution is 0.0988. The minimum Gasteiger partial charge on any atom is -0.308 e. The van der Waals surface area contributed by atoms with E-state index in [1.807, 2.05) is 26.0 Å². The van der Waals surface area contributed by atoms with Crippen molar-refractivity contribution in [3.63, 3.8) is 0 Å². The lowest BCUT2D eigenvalue weighted by Gasteiger charge is -2.20. The predicted molar refractivity (Wildman–Crippen MR) is 68.4 cm³/mol. The maximum absolute atomic E-state index is 12.3. The normalized spacial score (nSPS) is 10.2. The highest BCUT2D eigenvalue weighted by atomic mass is 32.1. The quantitative estimate of drug-likeness (QED) is 0.837. The van der Waals surface area contributed by atoms with Crippen molar-refractivity contribution in [1.29, 1.82) is 0 Å². The van der Waals surface area contributed by atoms with E-state index >= 15 is 0 Å². The van der Waals surface area contributed by atoms with E-state index < -0.39 is 0 Å². The molecule has 2 aromatic rings. The first kappa shape index (κ1) is 11.7. The zero-order chi connectivity index (χ0) is 12.3. The molecule has 0 aromatic carbocycles. The Morgan fingerprint density at radius 1 is 1.41 bits per heavy atom. The number of aryl methyl sites for hydroxylation is 1. The molecule has 2 aromatic heterocycles. The van der Waals surface area contributed by atoms with Gasteiger partial charge in [0.05, 0.1) is 11.3 Å². The lowest BCUT2D eigenvalue weighted by Crippen LogP contribution is -2.30. The summed E-state index contributed by atoms with van der Waals surface area (Å²) in [6.07, 6.45) is 3.37. The maximum atomic E-state index is 12.3. The lowest BCUT2D eigenvalue weighted by atomic mass is 10.2. The maximum Gasteiger partial charge on any atom is 0.261 e. The molecule has 0 aliphatic carbocycles. The molecule has 0 fully saturated rings. The van der Waals surface area contributed by atoms with E-state index in [1.165, 1.54) is 11.5 Å². The second kappa shape index (κ2) is 5.05. The third-order valence-electron chi connectivity index (χ3n) is 2.52. The highest BCUT2D eigenvalue weighted by molar-refractivity contribution is 7.04. The van der Waals surface area contributed by atoms with Crippen LogP contribution in [0.2, 0.25) is 0 Å². The second-order valence-corrected chi connectivity index (χ2v) is 4.20. The number of hydrogen-bond acceptors (Lipinski definition) is 4. The van der Waals surface area contributed by atoms with E-state index in [-0.39, 0.29) is 5.91 Å². The molecule has 0 unspecified atom stereocenters. The Hall–Kier alpha value is -1.75. The van der Waals surface area contributed by atoms with Gasteiger partial charge in [-0.2, -0.15) is 4.37 Å². The molecule has 0 saturated carbocycles. The van der Waals surface area contributed by atoms with Gasteiger partial charge in [-0.05, 0) is 37.5 Å². The number of pyridine rings is 1. The fourth-order valence-corrected chi connectivity index (χ4v) is 2.30. The van der Waals surface area contributed by atoms with Gasteiger partial charge in [0.2, 0.25) is 0 Å². The standard InChI is InChI=1S/C12H13N3OS/c1-3-15(10-4-6-13-7-5-10)12(16)11-8-17-14-9(11)2/h4-8H,3H2,1-2H3. The number of carbonyl (C=O) groups is 1. The van der Waals surface area contributed by atoms with Gasteiger partial charge in [-0.25, -0.2) is 0 Å². The molecule has 4 nitrogen and oxygen atoms in total. The van der Waals surface area contributed by atoms with Crippen LogP contribution in [0.25, 0.3) is 0 Å². The average molecular weight is 247 g/mol. The monoisotopic (exact) mass is 247 g/mol. The Kier molecular flexibility index (Phi) is 3.49. The fraction of sp³-hybridized carbons (Fsp3) is 0.250. The number of aromatic nitrogens is 2. The van der Waals surface area contributed by atoms with Crippen LogP contribution in [0.3, 0.4) is 0 Å². The van der Waals surface area contributed by atoms with Crippen LogP contribution in [0, 0.1) is 6.92 Å². The van der Waals surface area contributed by atoms with Gasteiger partial charge in [0.25, 0.3) is 5.91 Å². The highest BCUT2D eigenvalue weighted by Gasteiger charge is 2.19. The molecule has 0 radical (unpaired) electrons. The molecule has 0 aliphatic heterocycles. The molecule has 2 heterocycles. The Balaban J connectivity index is 2.32. The molecule has 0 N–H and O–H groups in total. The average Bonchev–Trinajstić information content (AvgIpc) is 2.77. The molecule has 0 spiro atoms. The molecule has 0 atom stereocenters. The van der Waals surface area contributed by atoms with Gasteiger partial charge in [-0.15, -0.1) is 0 Å². The largest absolute Gasteiger partial charge is 0.308 e. The van der Waals surface area contributed by atoms with Crippen LogP contribution in [-0.2, 0) is 0 Å². The number of carbonyl (C=O) groups excluding carboxylic acids is 1. The van der Waals surface area contributed by atoms with Gasteiger partial charge in [-0.1, -0.05) is 0 Å². The van der Waals surface area contributed by atoms with Gasteiger partial charge in [0.1, 0.15) is 0 Å². The molecule has 2 rings (SSSR count). The number of rotatable bonds is 3. The Morgan fingerprint density at radius 3 is 2.65 bits per heavy atom. The van der Waals surface area contributed by atoms with Crippen molar-refractivity contribution in [3.8, 4) is 0 Å². The third kappa shape index (κ3) is 2.34. The SMILES string of the molecule is CCN(C(=O)c1csnc1C)c1ccncc1. The predicted octanol–water partition coefficient (Wildman–Crippen LogP) is 2.51. The van der Waals surface area contributed by atoms with Gasteiger partial charge < -0.3 is 4.90 Å². The zero-order valence-electron chi connectivity index (χ0n) is 9.75. The van der Waals surface area contributed by atoms with Crippen molar-refractivity contribution in [2.45, 2.75) is 13.8 Å². The number of nitrogens with zero attached hydrogens (tertiary/aromatic N) is 3. The number of anilines is 1. The van der Waals surface area contributed by atoms with E-state index in [0.717, 1.165) is 11.4 Å². The third-order valence-corrected chi connectivity index (χ3v) is 3.24. The van der Waals surface area contributed by atoms with Gasteiger partial charge in [0.15, 0.2) is 0 Å². The van der Waals surface area contributed by atoms with Crippen LogP contribution < -0.4 is 4.90 Å². The summed E-state index contributed by atoms with van der Waals surface area (Å²) in [6, 6.07) is 3.66. The number of amides is 1. The van der Waals surface area contributed by atoms with Crippen LogP contribution >= 0.6 is 11.5 Å². The smallest absolute Gasteiger partial charge is 0.261 e. The molecule has 0 bridgehead atoms. The zero-order valence-corrected chi connectivity index (χ0v) is 10.6. The van der Waals surface area contributed by atoms with Crippen molar-refractivity contribution < 1.29 is 4.79 Å². The first-order chi connectivity index (χ1) is 8.24. The molecule has 17 heavy (non-hydrogen) atoms. The molecule has 5 heteroatoms. The Labute approximate surface area is 104 Å². The van der Waals surface area contributed by atoms with Crippen LogP contribution in [0.1, 0.15) is 23.0 Å². The summed E-state index contributed by atoms with van der Waals surface area (Å²) in [5, 5.41) is 1.79. The summed E-state index contributed by atoms with van der Waals surface area (Å²) < 4.78 is 4.13. The summed E-state index contributed by atoms with van der Waals surface area (Å²) in [7, 11) is 0. The molecular formula is C12H13N3OS. The minimum atomic E-state index is -0.00931. The molecule has 0 aliphatic rings. The number of hydrogen-bond donors (Lipinski definition) is 0. The summed E-state index contributed by atoms with van der Waals surface area (Å²) >= 11 is 1.31. The van der Waals surface area contributed by atoms with Gasteiger partial charge in [0, 0.05) is 30.0 Å². The summed E-state index contributed by atoms with van der Waals surface area (Å²) in [5.74, 6) is -0.00931. The second-order valence-electron chi connectivity index (χ2n) is 3.57. The van der Waals surface area contributed by atoms with Crippen molar-refractivity contribution in [2.75, 3.05) is 11.4 Å². The molecule has 0 saturated heterocycles. The van der Waals surface area contributed by atoms with Crippen molar-refractivity contribution in [1.82, 2.24) is 9.36 Å². The van der Waals surface area contributed by atoms with Crippen molar-refractivity contribution >= 4 is 23.1 Å². The van der Waals surface area contributed by atoms with Gasteiger partial charge in [-0.3, -0.25) is 9.78 Å². The van der Waals surface area contributed by atoms with Crippen molar-refractivity contribution in [3.05, 3.63) is 41.2 Å². The first-order valence-corrected chi connectivity index (χ1v) is 6.20. The topological polar surface area (TPSA) is 46.1 Å². The molecule has 1 amide bonds. The van der Waals surface area contributed by atoms with E-state index in [0.29, 0.717) is 12.1 Å². The molecular weight excluding hydrogens is 234 g/mol. The van der Waals surface area contributed by atoms with Crippen LogP contribution in [-0.4, -0.2) is 21.8 Å². The highest BCUT2D eigenvalue weighted by Crippen LogP contribution is 2.18. The summed E-state index contributed by atoms with van der Waals surface area (Å²) in [4.78, 5) is 18.0. The van der Waals surface area contributed by atoms with Crippen LogP contribution in [0.15, 0.2) is 29.9 Å². The van der Waals surface area contributed by atoms with E-state index in [2.05, 4.69) is 9.36 Å². The van der Waals surface area contributed by atoms with E-state index in [4.69, 9.17) is 0 Å². The van der Waals surface area contributed by atoms with Crippen LogP contribution in [0.5, 0.6) is 0 Å². The fourth-order valence-electron chi connectivity index (χ4n) is 1.61. The van der Waals surface area contributed by atoms with E-state index in [1.54, 1.807) is 22.7 Å². The van der Waals surface area contributed by atoms with Gasteiger partial charge >= 0.3 is 0 Å². The first-order valence-electron chi connectivity index (χ1n) is 5.37. The van der Waals surface area contributed by atoms with E-state index in [9.17, 15) is 4.79 Å². The summed E-state index contributed by atoms with van der Waals surface area (Å²) in [6.45, 7) is 4.43. The van der Waals surface area contributed by atoms with Crippen LogP contribution in [0.4, 0.5) is 5.69 Å².